The molecule has 0 spiro atoms. The van der Waals surface area contributed by atoms with Gasteiger partial charge in [-0.3, -0.25) is 0 Å². The summed E-state index contributed by atoms with van der Waals surface area (Å²) in [5.74, 6) is 0.600. The zero-order chi connectivity index (χ0) is 13.8. The molecule has 1 aromatic rings. The molecule has 1 aliphatic heterocycles. The van der Waals surface area contributed by atoms with Crippen molar-refractivity contribution in [1.29, 1.82) is 5.26 Å². The molecule has 3 nitrogen and oxygen atoms in total. The monoisotopic (exact) mass is 275 g/mol. The lowest BCUT2D eigenvalue weighted by molar-refractivity contribution is 0.206. The van der Waals surface area contributed by atoms with E-state index in [1.165, 1.54) is 0 Å². The Morgan fingerprint density at radius 1 is 1.47 bits per heavy atom. The first-order chi connectivity index (χ1) is 9.15. The van der Waals surface area contributed by atoms with Gasteiger partial charge in [-0.2, -0.15) is 5.26 Å². The van der Waals surface area contributed by atoms with Gasteiger partial charge in [0.1, 0.15) is 6.07 Å². The average molecular weight is 275 g/mol. The summed E-state index contributed by atoms with van der Waals surface area (Å²) in [4.78, 5) is 3.42. The number of hydrogen-bond donors (Lipinski definition) is 1. The van der Waals surface area contributed by atoms with Crippen LogP contribution in [0.15, 0.2) is 23.1 Å². The van der Waals surface area contributed by atoms with E-state index in [2.05, 4.69) is 30.3 Å². The second kappa shape index (κ2) is 6.31. The summed E-state index contributed by atoms with van der Waals surface area (Å²) in [5, 5.41) is 12.9. The summed E-state index contributed by atoms with van der Waals surface area (Å²) in [5.41, 5.74) is 1.76. The number of nitriles is 1. The van der Waals surface area contributed by atoms with Gasteiger partial charge in [0.2, 0.25) is 0 Å². The van der Waals surface area contributed by atoms with Gasteiger partial charge in [0.05, 0.1) is 11.3 Å². The predicted octanol–water partition coefficient (Wildman–Crippen LogP) is 3.03. The smallest absolute Gasteiger partial charge is 0.102 e. The molecular formula is C15H21N3S. The standard InChI is InChI=1S/C15H21N3S/c1-11-10-18(2)8-7-13(11)17-14-5-4-6-15(19-3)12(14)9-16/h4-6,11,13,17H,7-8,10H2,1-3H3. The van der Waals surface area contributed by atoms with E-state index in [4.69, 9.17) is 0 Å². The van der Waals surface area contributed by atoms with Crippen molar-refractivity contribution in [2.24, 2.45) is 5.92 Å². The molecule has 1 N–H and O–H groups in total. The number of benzene rings is 1. The molecule has 2 atom stereocenters. The third kappa shape index (κ3) is 3.23. The van der Waals surface area contributed by atoms with Crippen molar-refractivity contribution < 1.29 is 0 Å². The van der Waals surface area contributed by atoms with Crippen molar-refractivity contribution in [2.45, 2.75) is 24.3 Å². The van der Waals surface area contributed by atoms with Crippen LogP contribution in [0.25, 0.3) is 0 Å². The van der Waals surface area contributed by atoms with E-state index in [1.54, 1.807) is 11.8 Å². The number of hydrogen-bond acceptors (Lipinski definition) is 4. The van der Waals surface area contributed by atoms with Gasteiger partial charge in [0.15, 0.2) is 0 Å². The molecule has 0 bridgehead atoms. The molecule has 1 heterocycles. The van der Waals surface area contributed by atoms with Crippen molar-refractivity contribution in [1.82, 2.24) is 4.90 Å². The van der Waals surface area contributed by atoms with Crippen molar-refractivity contribution in [3.05, 3.63) is 23.8 Å². The molecule has 0 amide bonds. The minimum atomic E-state index is 0.459. The van der Waals surface area contributed by atoms with Gasteiger partial charge in [-0.25, -0.2) is 0 Å². The van der Waals surface area contributed by atoms with E-state index < -0.39 is 0 Å². The zero-order valence-electron chi connectivity index (χ0n) is 11.8. The minimum absolute atomic E-state index is 0.459. The molecule has 1 aliphatic rings. The van der Waals surface area contributed by atoms with Crippen molar-refractivity contribution in [3.63, 3.8) is 0 Å². The third-order valence-electron chi connectivity index (χ3n) is 3.81. The molecule has 0 aromatic heterocycles. The topological polar surface area (TPSA) is 39.1 Å². The first-order valence-corrected chi connectivity index (χ1v) is 7.90. The van der Waals surface area contributed by atoms with Crippen LogP contribution in [0.5, 0.6) is 0 Å². The van der Waals surface area contributed by atoms with Crippen LogP contribution in [-0.4, -0.2) is 37.3 Å². The fraction of sp³-hybridized carbons (Fsp3) is 0.533. The third-order valence-corrected chi connectivity index (χ3v) is 4.59. The Balaban J connectivity index is 2.17. The van der Waals surface area contributed by atoms with Crippen LogP contribution >= 0.6 is 11.8 Å². The Hall–Kier alpha value is -1.18. The van der Waals surface area contributed by atoms with Gasteiger partial charge in [-0.1, -0.05) is 13.0 Å². The molecule has 1 saturated heterocycles. The summed E-state index contributed by atoms with van der Waals surface area (Å²) >= 11 is 1.63. The quantitative estimate of drug-likeness (QED) is 0.861. The Labute approximate surface area is 120 Å². The molecule has 102 valence electrons. The van der Waals surface area contributed by atoms with Crippen LogP contribution < -0.4 is 5.32 Å². The maximum absolute atomic E-state index is 9.36. The maximum atomic E-state index is 9.36. The minimum Gasteiger partial charge on any atom is -0.381 e. The van der Waals surface area contributed by atoms with Gasteiger partial charge in [-0.15, -0.1) is 11.8 Å². The fourth-order valence-corrected chi connectivity index (χ4v) is 3.28. The van der Waals surface area contributed by atoms with Crippen molar-refractivity contribution in [3.8, 4) is 6.07 Å². The van der Waals surface area contributed by atoms with Gasteiger partial charge in [-0.05, 0) is 44.3 Å². The first kappa shape index (κ1) is 14.2. The summed E-state index contributed by atoms with van der Waals surface area (Å²) in [6.07, 6.45) is 3.14. The second-order valence-electron chi connectivity index (χ2n) is 5.27. The number of nitrogens with one attached hydrogen (secondary N) is 1. The number of likely N-dealkylation sites (tertiary alicyclic amines) is 1. The fourth-order valence-electron chi connectivity index (χ4n) is 2.71. The molecular weight excluding hydrogens is 254 g/mol. The Morgan fingerprint density at radius 2 is 2.26 bits per heavy atom. The van der Waals surface area contributed by atoms with E-state index >= 15 is 0 Å². The van der Waals surface area contributed by atoms with Crippen LogP contribution in [0.1, 0.15) is 18.9 Å². The van der Waals surface area contributed by atoms with Crippen molar-refractivity contribution >= 4 is 17.4 Å². The normalized spacial score (nSPS) is 23.9. The molecule has 2 unspecified atom stereocenters. The van der Waals surface area contributed by atoms with Crippen molar-refractivity contribution in [2.75, 3.05) is 31.7 Å². The van der Waals surface area contributed by atoms with Crippen LogP contribution in [0, 0.1) is 17.2 Å². The summed E-state index contributed by atoms with van der Waals surface area (Å²) in [7, 11) is 2.17. The molecule has 0 aliphatic carbocycles. The summed E-state index contributed by atoms with van der Waals surface area (Å²) in [6.45, 7) is 4.51. The highest BCUT2D eigenvalue weighted by molar-refractivity contribution is 7.98. The number of nitrogens with zero attached hydrogens (tertiary/aromatic N) is 2. The lowest BCUT2D eigenvalue weighted by atomic mass is 9.93. The molecule has 1 fully saturated rings. The highest BCUT2D eigenvalue weighted by Crippen LogP contribution is 2.28. The maximum Gasteiger partial charge on any atom is 0.102 e. The zero-order valence-corrected chi connectivity index (χ0v) is 12.6. The van der Waals surface area contributed by atoms with E-state index in [0.29, 0.717) is 12.0 Å². The highest BCUT2D eigenvalue weighted by Gasteiger charge is 2.24. The lowest BCUT2D eigenvalue weighted by Gasteiger charge is -2.36. The van der Waals surface area contributed by atoms with Crippen LogP contribution in [-0.2, 0) is 0 Å². The predicted molar refractivity (Wildman–Crippen MR) is 81.6 cm³/mol. The number of anilines is 1. The first-order valence-electron chi connectivity index (χ1n) is 6.68. The second-order valence-corrected chi connectivity index (χ2v) is 6.12. The largest absolute Gasteiger partial charge is 0.381 e. The Morgan fingerprint density at radius 3 is 2.89 bits per heavy atom. The van der Waals surface area contributed by atoms with Crippen LogP contribution in [0.4, 0.5) is 5.69 Å². The van der Waals surface area contributed by atoms with E-state index in [1.807, 2.05) is 24.5 Å². The molecule has 4 heteroatoms. The Bertz CT molecular complexity index is 481. The van der Waals surface area contributed by atoms with Crippen LogP contribution in [0.3, 0.4) is 0 Å². The SMILES string of the molecule is CSc1cccc(NC2CCN(C)CC2C)c1C#N. The highest BCUT2D eigenvalue weighted by atomic mass is 32.2. The Kier molecular flexibility index (Phi) is 4.73. The van der Waals surface area contributed by atoms with E-state index in [9.17, 15) is 5.26 Å². The molecule has 1 aromatic carbocycles. The van der Waals surface area contributed by atoms with Gasteiger partial charge < -0.3 is 10.2 Å². The number of piperidine rings is 1. The molecule has 0 radical (unpaired) electrons. The molecule has 2 rings (SSSR count). The average Bonchev–Trinajstić information content (AvgIpc) is 2.41. The summed E-state index contributed by atoms with van der Waals surface area (Å²) < 4.78 is 0. The number of rotatable bonds is 3. The van der Waals surface area contributed by atoms with Crippen LogP contribution in [0.2, 0.25) is 0 Å². The van der Waals surface area contributed by atoms with Gasteiger partial charge in [0, 0.05) is 17.5 Å². The summed E-state index contributed by atoms with van der Waals surface area (Å²) in [6, 6.07) is 8.84. The molecule has 0 saturated carbocycles. The molecule has 19 heavy (non-hydrogen) atoms. The number of thioether (sulfide) groups is 1. The van der Waals surface area contributed by atoms with Gasteiger partial charge >= 0.3 is 0 Å². The van der Waals surface area contributed by atoms with E-state index in [0.717, 1.165) is 35.7 Å². The van der Waals surface area contributed by atoms with E-state index in [-0.39, 0.29) is 0 Å². The van der Waals surface area contributed by atoms with Gasteiger partial charge in [0.25, 0.3) is 0 Å². The lowest BCUT2D eigenvalue weighted by Crippen LogP contribution is -2.43.